The summed E-state index contributed by atoms with van der Waals surface area (Å²) in [6, 6.07) is 4.73. The highest BCUT2D eigenvalue weighted by Crippen LogP contribution is 2.29. The van der Waals surface area contributed by atoms with Crippen LogP contribution in [0.4, 0.5) is 22.2 Å². The number of unbranched alkanes of at least 4 members (excludes halogenated alkanes) is 1. The number of fused-ring (bicyclic) bond motifs is 1. The summed E-state index contributed by atoms with van der Waals surface area (Å²) in [7, 11) is 6.93. The highest BCUT2D eigenvalue weighted by Gasteiger charge is 2.21. The molecule has 0 spiro atoms. The van der Waals surface area contributed by atoms with E-state index in [4.69, 9.17) is 9.47 Å². The predicted molar refractivity (Wildman–Crippen MR) is 182 cm³/mol. The SMILES string of the molecule is CCCNc1nc(Nc2ccc3c(c2)c(OC)nn3C(=O)OCC)ncc1C#CCCCNC(=O)[C@H](C)N(C)C(=O)/C=C/CN(C)C. The molecule has 3 aromatic rings. The van der Waals surface area contributed by atoms with Crippen LogP contribution in [-0.4, -0.2) is 108 Å². The molecule has 0 saturated heterocycles. The highest BCUT2D eigenvalue weighted by atomic mass is 16.6. The van der Waals surface area contributed by atoms with E-state index in [1.54, 1.807) is 51.4 Å². The Balaban J connectivity index is 1.61. The zero-order valence-electron chi connectivity index (χ0n) is 28.2. The van der Waals surface area contributed by atoms with Gasteiger partial charge in [0.25, 0.3) is 0 Å². The third-order valence-corrected chi connectivity index (χ3v) is 6.91. The molecule has 14 heteroatoms. The molecule has 0 unspecified atom stereocenters. The molecule has 0 aliphatic heterocycles. The predicted octanol–water partition coefficient (Wildman–Crippen LogP) is 3.62. The molecule has 0 saturated carbocycles. The molecular formula is C33H45N9O5. The van der Waals surface area contributed by atoms with Crippen LogP contribution >= 0.6 is 0 Å². The van der Waals surface area contributed by atoms with Gasteiger partial charge in [0.15, 0.2) is 0 Å². The Morgan fingerprint density at radius 2 is 1.94 bits per heavy atom. The number of likely N-dealkylation sites (N-methyl/N-ethyl adjacent to an activating group) is 2. The van der Waals surface area contributed by atoms with Crippen molar-refractivity contribution >= 4 is 46.3 Å². The monoisotopic (exact) mass is 647 g/mol. The van der Waals surface area contributed by atoms with Gasteiger partial charge in [-0.3, -0.25) is 9.59 Å². The Hall–Kier alpha value is -5.16. The summed E-state index contributed by atoms with van der Waals surface area (Å²) in [6.07, 6.45) is 6.40. The number of hydrogen-bond donors (Lipinski definition) is 3. The van der Waals surface area contributed by atoms with Crippen molar-refractivity contribution in [3.63, 3.8) is 0 Å². The minimum atomic E-state index is -0.597. The maximum atomic E-state index is 12.5. The van der Waals surface area contributed by atoms with Crippen molar-refractivity contribution < 1.29 is 23.9 Å². The fourth-order valence-corrected chi connectivity index (χ4v) is 4.23. The lowest BCUT2D eigenvalue weighted by atomic mass is 10.2. The Morgan fingerprint density at radius 1 is 1.15 bits per heavy atom. The molecule has 0 aliphatic rings. The molecule has 2 heterocycles. The Kier molecular flexibility index (Phi) is 14.0. The third-order valence-electron chi connectivity index (χ3n) is 6.91. The summed E-state index contributed by atoms with van der Waals surface area (Å²) in [5.74, 6) is 7.07. The first-order valence-corrected chi connectivity index (χ1v) is 15.6. The number of carbonyl (C=O) groups excluding carboxylic acids is 3. The molecule has 252 valence electrons. The lowest BCUT2D eigenvalue weighted by molar-refractivity contribution is -0.135. The van der Waals surface area contributed by atoms with Crippen LogP contribution in [0.25, 0.3) is 10.9 Å². The van der Waals surface area contributed by atoms with Crippen molar-refractivity contribution in [2.45, 2.75) is 46.1 Å². The third kappa shape index (κ3) is 10.4. The van der Waals surface area contributed by atoms with Crippen LogP contribution in [-0.2, 0) is 14.3 Å². The largest absolute Gasteiger partial charge is 0.479 e. The Morgan fingerprint density at radius 3 is 2.64 bits per heavy atom. The second kappa shape index (κ2) is 18.1. The first-order chi connectivity index (χ1) is 22.6. The summed E-state index contributed by atoms with van der Waals surface area (Å²) in [6.45, 7) is 7.49. The van der Waals surface area contributed by atoms with Crippen molar-refractivity contribution in [3.05, 3.63) is 42.1 Å². The fraction of sp³-hybridized carbons (Fsp3) is 0.455. The number of amides is 2. The van der Waals surface area contributed by atoms with Gasteiger partial charge in [0, 0.05) is 44.9 Å². The first kappa shape index (κ1) is 36.3. The molecule has 47 heavy (non-hydrogen) atoms. The normalized spacial score (nSPS) is 11.6. The molecule has 2 aromatic heterocycles. The van der Waals surface area contributed by atoms with Gasteiger partial charge in [-0.15, -0.1) is 5.10 Å². The van der Waals surface area contributed by atoms with Crippen LogP contribution < -0.4 is 20.7 Å². The van der Waals surface area contributed by atoms with Gasteiger partial charge in [-0.25, -0.2) is 9.78 Å². The van der Waals surface area contributed by atoms with Crippen LogP contribution in [0.1, 0.15) is 45.6 Å². The van der Waals surface area contributed by atoms with Gasteiger partial charge in [-0.1, -0.05) is 24.8 Å². The molecule has 1 atom stereocenters. The molecule has 14 nitrogen and oxygen atoms in total. The van der Waals surface area contributed by atoms with Gasteiger partial charge in [0.2, 0.25) is 23.6 Å². The summed E-state index contributed by atoms with van der Waals surface area (Å²) < 4.78 is 11.6. The van der Waals surface area contributed by atoms with Gasteiger partial charge in [0.05, 0.1) is 36.4 Å². The number of anilines is 3. The minimum Gasteiger partial charge on any atom is -0.479 e. The number of nitrogens with zero attached hydrogens (tertiary/aromatic N) is 6. The molecular weight excluding hydrogens is 602 g/mol. The second-order valence-corrected chi connectivity index (χ2v) is 10.8. The smallest absolute Gasteiger partial charge is 0.435 e. The van der Waals surface area contributed by atoms with E-state index in [0.29, 0.717) is 66.4 Å². The maximum absolute atomic E-state index is 12.5. The van der Waals surface area contributed by atoms with E-state index in [9.17, 15) is 14.4 Å². The number of methoxy groups -OCH3 is 1. The van der Waals surface area contributed by atoms with Crippen molar-refractivity contribution in [1.29, 1.82) is 0 Å². The lowest BCUT2D eigenvalue weighted by Gasteiger charge is -2.23. The number of nitrogens with one attached hydrogen (secondary N) is 3. The zero-order valence-corrected chi connectivity index (χ0v) is 28.2. The minimum absolute atomic E-state index is 0.220. The topological polar surface area (TPSA) is 156 Å². The second-order valence-electron chi connectivity index (χ2n) is 10.8. The molecule has 0 bridgehead atoms. The number of rotatable bonds is 15. The Bertz CT molecular complexity index is 1620. The quantitative estimate of drug-likeness (QED) is 0.126. The zero-order chi connectivity index (χ0) is 34.3. The molecule has 0 fully saturated rings. The average molecular weight is 648 g/mol. The van der Waals surface area contributed by atoms with E-state index in [1.807, 2.05) is 19.0 Å². The van der Waals surface area contributed by atoms with Gasteiger partial charge in [-0.2, -0.15) is 9.67 Å². The van der Waals surface area contributed by atoms with Gasteiger partial charge >= 0.3 is 6.09 Å². The van der Waals surface area contributed by atoms with E-state index in [0.717, 1.165) is 6.42 Å². The first-order valence-electron chi connectivity index (χ1n) is 15.6. The number of hydrogen-bond acceptors (Lipinski definition) is 11. The van der Waals surface area contributed by atoms with E-state index in [1.165, 1.54) is 22.8 Å². The lowest BCUT2D eigenvalue weighted by Crippen LogP contribution is -2.45. The molecule has 2 amide bonds. The highest BCUT2D eigenvalue weighted by molar-refractivity contribution is 5.94. The average Bonchev–Trinajstić information content (AvgIpc) is 3.43. The van der Waals surface area contributed by atoms with Crippen LogP contribution in [0.2, 0.25) is 0 Å². The van der Waals surface area contributed by atoms with Gasteiger partial charge < -0.3 is 35.2 Å². The van der Waals surface area contributed by atoms with Crippen molar-refractivity contribution in [1.82, 2.24) is 34.9 Å². The van der Waals surface area contributed by atoms with Crippen LogP contribution in [0.15, 0.2) is 36.5 Å². The summed E-state index contributed by atoms with van der Waals surface area (Å²) in [4.78, 5) is 49.6. The molecule has 3 N–H and O–H groups in total. The van der Waals surface area contributed by atoms with Gasteiger partial charge in [0.1, 0.15) is 11.9 Å². The Labute approximate surface area is 275 Å². The summed E-state index contributed by atoms with van der Waals surface area (Å²) in [5, 5.41) is 14.2. The van der Waals surface area contributed by atoms with Crippen LogP contribution in [0, 0.1) is 11.8 Å². The van der Waals surface area contributed by atoms with E-state index >= 15 is 0 Å². The number of aromatic nitrogens is 4. The molecule has 1 aromatic carbocycles. The summed E-state index contributed by atoms with van der Waals surface area (Å²) in [5.41, 5.74) is 1.87. The number of benzene rings is 1. The van der Waals surface area contributed by atoms with E-state index in [2.05, 4.69) is 49.8 Å². The summed E-state index contributed by atoms with van der Waals surface area (Å²) >= 11 is 0. The number of ether oxygens (including phenoxy) is 2. The molecule has 0 aliphatic carbocycles. The van der Waals surface area contributed by atoms with Crippen LogP contribution in [0.5, 0.6) is 5.88 Å². The van der Waals surface area contributed by atoms with Gasteiger partial charge in [-0.05, 0) is 59.0 Å². The standard InChI is InChI=1S/C33H45N9O5/c1-8-18-34-29-24(14-11-10-12-19-35-30(44)23(3)41(6)28(43)15-13-20-40(4)5)22-36-32(38-29)37-25-16-17-27-26(21-25)31(46-7)39-42(27)33(45)47-9-2/h13,15-17,21-23H,8-10,12,18-20H2,1-7H3,(H,35,44)(H2,34,36,37,38)/b15-13+/t23-/m0/s1. The van der Waals surface area contributed by atoms with Crippen molar-refractivity contribution in [2.24, 2.45) is 0 Å². The van der Waals surface area contributed by atoms with Crippen LogP contribution in [0.3, 0.4) is 0 Å². The number of carbonyl (C=O) groups is 3. The van der Waals surface area contributed by atoms with E-state index < -0.39 is 12.1 Å². The van der Waals surface area contributed by atoms with E-state index in [-0.39, 0.29) is 24.3 Å². The molecule has 3 rings (SSSR count). The molecule has 0 radical (unpaired) electrons. The van der Waals surface area contributed by atoms with Crippen molar-refractivity contribution in [2.75, 3.05) is 65.1 Å². The van der Waals surface area contributed by atoms with Crippen molar-refractivity contribution in [3.8, 4) is 17.7 Å². The maximum Gasteiger partial charge on any atom is 0.435 e. The fourth-order valence-electron chi connectivity index (χ4n) is 4.23.